The van der Waals surface area contributed by atoms with Crippen LogP contribution in [0, 0.1) is 0 Å². The molecular weight excluding hydrogens is 368 g/mol. The maximum Gasteiger partial charge on any atom is 0.224 e. The minimum absolute atomic E-state index is 0.00225. The lowest BCUT2D eigenvalue weighted by molar-refractivity contribution is -0.120. The third-order valence-corrected chi connectivity index (χ3v) is 4.94. The summed E-state index contributed by atoms with van der Waals surface area (Å²) in [6, 6.07) is 16.0. The molecular formula is C21H24N6O2. The SMILES string of the molecule is O=C(Cc1ccc(-n2cnnn2)cc1)NCc1ccc(CN2CCOCC2)cc1. The zero-order chi connectivity index (χ0) is 19.9. The molecule has 1 N–H and O–H groups in total. The van der Waals surface area contributed by atoms with Gasteiger partial charge in [-0.25, -0.2) is 4.68 Å². The number of amides is 1. The molecule has 1 fully saturated rings. The normalized spacial score (nSPS) is 14.6. The van der Waals surface area contributed by atoms with Crippen molar-refractivity contribution in [2.24, 2.45) is 0 Å². The molecule has 1 aliphatic rings. The molecule has 4 rings (SSSR count). The molecule has 1 saturated heterocycles. The Balaban J connectivity index is 1.24. The van der Waals surface area contributed by atoms with Gasteiger partial charge < -0.3 is 10.1 Å². The van der Waals surface area contributed by atoms with Gasteiger partial charge in [0.2, 0.25) is 5.91 Å². The van der Waals surface area contributed by atoms with Crippen LogP contribution in [0.1, 0.15) is 16.7 Å². The van der Waals surface area contributed by atoms with E-state index in [1.807, 2.05) is 24.3 Å². The second-order valence-electron chi connectivity index (χ2n) is 7.08. The average molecular weight is 392 g/mol. The fourth-order valence-corrected chi connectivity index (χ4v) is 3.27. The summed E-state index contributed by atoms with van der Waals surface area (Å²) in [6.45, 7) is 5.05. The minimum Gasteiger partial charge on any atom is -0.379 e. The second-order valence-corrected chi connectivity index (χ2v) is 7.08. The summed E-state index contributed by atoms with van der Waals surface area (Å²) in [4.78, 5) is 14.7. The Morgan fingerprint density at radius 1 is 0.966 bits per heavy atom. The third kappa shape index (κ3) is 5.46. The topological polar surface area (TPSA) is 85.2 Å². The molecule has 1 amide bonds. The number of nitrogens with zero attached hydrogens (tertiary/aromatic N) is 5. The molecule has 2 heterocycles. The van der Waals surface area contributed by atoms with Gasteiger partial charge in [-0.3, -0.25) is 9.69 Å². The van der Waals surface area contributed by atoms with Crippen LogP contribution in [0.2, 0.25) is 0 Å². The standard InChI is InChI=1S/C21H24N6O2/c28-21(13-17-5-7-20(8-6-17)27-16-23-24-25-27)22-14-18-1-3-19(4-2-18)15-26-9-11-29-12-10-26/h1-8,16H,9-15H2,(H,22,28). The molecule has 0 atom stereocenters. The number of carbonyl (C=O) groups is 1. The van der Waals surface area contributed by atoms with Gasteiger partial charge in [-0.05, 0) is 39.2 Å². The third-order valence-electron chi connectivity index (χ3n) is 4.94. The van der Waals surface area contributed by atoms with E-state index < -0.39 is 0 Å². The first kappa shape index (κ1) is 19.2. The van der Waals surface area contributed by atoms with Gasteiger partial charge in [0, 0.05) is 26.2 Å². The molecule has 1 aromatic heterocycles. The largest absolute Gasteiger partial charge is 0.379 e. The maximum atomic E-state index is 12.3. The Morgan fingerprint density at radius 2 is 1.66 bits per heavy atom. The Morgan fingerprint density at radius 3 is 2.34 bits per heavy atom. The molecule has 8 heteroatoms. The summed E-state index contributed by atoms with van der Waals surface area (Å²) in [5, 5.41) is 14.1. The van der Waals surface area contributed by atoms with E-state index in [0.29, 0.717) is 13.0 Å². The minimum atomic E-state index is -0.00225. The van der Waals surface area contributed by atoms with Gasteiger partial charge in [-0.15, -0.1) is 5.10 Å². The van der Waals surface area contributed by atoms with Crippen LogP contribution in [0.3, 0.4) is 0 Å². The number of hydrogen-bond donors (Lipinski definition) is 1. The first-order chi connectivity index (χ1) is 14.3. The number of rotatable bonds is 7. The van der Waals surface area contributed by atoms with Gasteiger partial charge in [0.15, 0.2) is 0 Å². The Bertz CT molecular complexity index is 903. The lowest BCUT2D eigenvalue weighted by atomic mass is 10.1. The number of morpholine rings is 1. The van der Waals surface area contributed by atoms with Crippen molar-refractivity contribution in [3.8, 4) is 5.69 Å². The van der Waals surface area contributed by atoms with Gasteiger partial charge in [0.05, 0.1) is 25.3 Å². The Labute approximate surface area is 169 Å². The van der Waals surface area contributed by atoms with E-state index in [9.17, 15) is 4.79 Å². The monoisotopic (exact) mass is 392 g/mol. The van der Waals surface area contributed by atoms with Crippen LogP contribution in [-0.2, 0) is 29.0 Å². The van der Waals surface area contributed by atoms with Crippen LogP contribution in [0.4, 0.5) is 0 Å². The molecule has 0 radical (unpaired) electrons. The van der Waals surface area contributed by atoms with E-state index in [1.165, 1.54) is 11.9 Å². The molecule has 0 spiro atoms. The highest BCUT2D eigenvalue weighted by molar-refractivity contribution is 5.78. The van der Waals surface area contributed by atoms with Crippen LogP contribution < -0.4 is 5.32 Å². The molecule has 3 aromatic rings. The number of hydrogen-bond acceptors (Lipinski definition) is 6. The molecule has 150 valence electrons. The van der Waals surface area contributed by atoms with Gasteiger partial charge in [0.1, 0.15) is 6.33 Å². The van der Waals surface area contributed by atoms with Crippen LogP contribution >= 0.6 is 0 Å². The molecule has 0 saturated carbocycles. The second kappa shape index (κ2) is 9.40. The van der Waals surface area contributed by atoms with Crippen molar-refractivity contribution in [1.82, 2.24) is 30.4 Å². The summed E-state index contributed by atoms with van der Waals surface area (Å²) < 4.78 is 6.96. The fraction of sp³-hybridized carbons (Fsp3) is 0.333. The van der Waals surface area contributed by atoms with Crippen LogP contribution in [-0.4, -0.2) is 57.3 Å². The molecule has 29 heavy (non-hydrogen) atoms. The highest BCUT2D eigenvalue weighted by atomic mass is 16.5. The Hall–Kier alpha value is -3.10. The summed E-state index contributed by atoms with van der Waals surface area (Å²) in [7, 11) is 0. The number of nitrogens with one attached hydrogen (secondary N) is 1. The number of tetrazole rings is 1. The summed E-state index contributed by atoms with van der Waals surface area (Å²) in [5.74, 6) is -0.00225. The van der Waals surface area contributed by atoms with Crippen LogP contribution in [0.15, 0.2) is 54.9 Å². The number of benzene rings is 2. The molecule has 8 nitrogen and oxygen atoms in total. The first-order valence-electron chi connectivity index (χ1n) is 9.73. The van der Waals surface area contributed by atoms with Gasteiger partial charge in [0.25, 0.3) is 0 Å². The highest BCUT2D eigenvalue weighted by Gasteiger charge is 2.10. The van der Waals surface area contributed by atoms with E-state index >= 15 is 0 Å². The van der Waals surface area contributed by atoms with E-state index in [0.717, 1.165) is 49.7 Å². The Kier molecular flexibility index (Phi) is 6.23. The fourth-order valence-electron chi connectivity index (χ4n) is 3.27. The van der Waals surface area contributed by atoms with E-state index in [1.54, 1.807) is 4.68 Å². The molecule has 1 aliphatic heterocycles. The van der Waals surface area contributed by atoms with E-state index in [4.69, 9.17) is 4.74 Å². The molecule has 2 aromatic carbocycles. The quantitative estimate of drug-likeness (QED) is 0.653. The number of aromatic nitrogens is 4. The van der Waals surface area contributed by atoms with Gasteiger partial charge in [-0.1, -0.05) is 36.4 Å². The summed E-state index contributed by atoms with van der Waals surface area (Å²) >= 11 is 0. The van der Waals surface area contributed by atoms with E-state index in [-0.39, 0.29) is 5.91 Å². The van der Waals surface area contributed by atoms with Crippen molar-refractivity contribution < 1.29 is 9.53 Å². The lowest BCUT2D eigenvalue weighted by Gasteiger charge is -2.26. The van der Waals surface area contributed by atoms with Crippen molar-refractivity contribution in [3.05, 3.63) is 71.5 Å². The van der Waals surface area contributed by atoms with Crippen molar-refractivity contribution in [2.45, 2.75) is 19.5 Å². The zero-order valence-corrected chi connectivity index (χ0v) is 16.2. The first-order valence-corrected chi connectivity index (χ1v) is 9.73. The molecule has 0 unspecified atom stereocenters. The summed E-state index contributed by atoms with van der Waals surface area (Å²) in [5.41, 5.74) is 4.18. The zero-order valence-electron chi connectivity index (χ0n) is 16.2. The van der Waals surface area contributed by atoms with Gasteiger partial charge in [-0.2, -0.15) is 0 Å². The highest BCUT2D eigenvalue weighted by Crippen LogP contribution is 2.10. The van der Waals surface area contributed by atoms with Crippen molar-refractivity contribution in [1.29, 1.82) is 0 Å². The smallest absolute Gasteiger partial charge is 0.224 e. The predicted octanol–water partition coefficient (Wildman–Crippen LogP) is 1.35. The van der Waals surface area contributed by atoms with Gasteiger partial charge >= 0.3 is 0 Å². The van der Waals surface area contributed by atoms with Crippen molar-refractivity contribution in [2.75, 3.05) is 26.3 Å². The molecule has 0 aliphatic carbocycles. The average Bonchev–Trinajstić information content (AvgIpc) is 3.30. The van der Waals surface area contributed by atoms with Crippen molar-refractivity contribution >= 4 is 5.91 Å². The van der Waals surface area contributed by atoms with Crippen LogP contribution in [0.5, 0.6) is 0 Å². The number of ether oxygens (including phenoxy) is 1. The lowest BCUT2D eigenvalue weighted by Crippen LogP contribution is -2.35. The summed E-state index contributed by atoms with van der Waals surface area (Å²) in [6.07, 6.45) is 1.87. The van der Waals surface area contributed by atoms with Crippen LogP contribution in [0.25, 0.3) is 5.69 Å². The maximum absolute atomic E-state index is 12.3. The van der Waals surface area contributed by atoms with Crippen molar-refractivity contribution in [3.63, 3.8) is 0 Å². The van der Waals surface area contributed by atoms with E-state index in [2.05, 4.69) is 50.0 Å². The number of carbonyl (C=O) groups excluding carboxylic acids is 1. The predicted molar refractivity (Wildman–Crippen MR) is 107 cm³/mol. The molecule has 0 bridgehead atoms.